The summed E-state index contributed by atoms with van der Waals surface area (Å²) < 4.78 is 23.0. The zero-order chi connectivity index (χ0) is 14.7. The minimum absolute atomic E-state index is 0.00610. The number of cyclic esters (lactones) is 1. The SMILES string of the molecule is O=C(O)c1ccc(OCC(=O)N2CCOC2=O)cc1F. The molecule has 1 saturated heterocycles. The van der Waals surface area contributed by atoms with Gasteiger partial charge in [0.2, 0.25) is 0 Å². The van der Waals surface area contributed by atoms with Gasteiger partial charge in [-0.1, -0.05) is 0 Å². The molecule has 0 saturated carbocycles. The first-order valence-electron chi connectivity index (χ1n) is 5.62. The number of rotatable bonds is 4. The number of nitrogens with zero attached hydrogens (tertiary/aromatic N) is 1. The number of hydrogen-bond donors (Lipinski definition) is 1. The van der Waals surface area contributed by atoms with E-state index < -0.39 is 36.0 Å². The predicted octanol–water partition coefficient (Wildman–Crippen LogP) is 0.881. The molecule has 0 aliphatic carbocycles. The van der Waals surface area contributed by atoms with Crippen LogP contribution in [-0.4, -0.2) is 47.7 Å². The molecule has 7 nitrogen and oxygen atoms in total. The Hall–Kier alpha value is -2.64. The smallest absolute Gasteiger partial charge is 0.416 e. The highest BCUT2D eigenvalue weighted by molar-refractivity contribution is 5.93. The molecule has 1 fully saturated rings. The number of amides is 2. The topological polar surface area (TPSA) is 93.1 Å². The number of benzene rings is 1. The van der Waals surface area contributed by atoms with Gasteiger partial charge in [-0.05, 0) is 12.1 Å². The number of carbonyl (C=O) groups is 3. The fraction of sp³-hybridized carbons (Fsp3) is 0.250. The molecule has 1 heterocycles. The Morgan fingerprint density at radius 1 is 1.45 bits per heavy atom. The van der Waals surface area contributed by atoms with E-state index in [4.69, 9.17) is 9.84 Å². The molecule has 2 amide bonds. The van der Waals surface area contributed by atoms with E-state index in [2.05, 4.69) is 4.74 Å². The van der Waals surface area contributed by atoms with Gasteiger partial charge in [-0.15, -0.1) is 0 Å². The third-order valence-electron chi connectivity index (χ3n) is 2.60. The molecule has 20 heavy (non-hydrogen) atoms. The van der Waals surface area contributed by atoms with Gasteiger partial charge in [0.25, 0.3) is 5.91 Å². The summed E-state index contributed by atoms with van der Waals surface area (Å²) in [5.74, 6) is -2.99. The fourth-order valence-electron chi connectivity index (χ4n) is 1.60. The van der Waals surface area contributed by atoms with Crippen molar-refractivity contribution in [3.63, 3.8) is 0 Å². The Morgan fingerprint density at radius 3 is 2.75 bits per heavy atom. The van der Waals surface area contributed by atoms with Crippen LogP contribution < -0.4 is 4.74 Å². The zero-order valence-corrected chi connectivity index (χ0v) is 10.2. The average molecular weight is 283 g/mol. The van der Waals surface area contributed by atoms with Gasteiger partial charge in [0.1, 0.15) is 18.2 Å². The molecule has 0 spiro atoms. The number of carboxylic acid groups (broad SMARTS) is 1. The van der Waals surface area contributed by atoms with E-state index in [9.17, 15) is 18.8 Å². The largest absolute Gasteiger partial charge is 0.484 e. The average Bonchev–Trinajstić information content (AvgIpc) is 2.82. The van der Waals surface area contributed by atoms with E-state index in [1.54, 1.807) is 0 Å². The number of aromatic carboxylic acids is 1. The summed E-state index contributed by atoms with van der Waals surface area (Å²) in [7, 11) is 0. The Morgan fingerprint density at radius 2 is 2.20 bits per heavy atom. The van der Waals surface area contributed by atoms with E-state index in [0.29, 0.717) is 0 Å². The van der Waals surface area contributed by atoms with E-state index in [-0.39, 0.29) is 18.9 Å². The normalized spacial score (nSPS) is 14.1. The van der Waals surface area contributed by atoms with Crippen molar-refractivity contribution in [2.45, 2.75) is 0 Å². The molecule has 1 aromatic rings. The molecule has 2 rings (SSSR count). The van der Waals surface area contributed by atoms with Gasteiger partial charge >= 0.3 is 12.1 Å². The third-order valence-corrected chi connectivity index (χ3v) is 2.60. The van der Waals surface area contributed by atoms with Crippen molar-refractivity contribution >= 4 is 18.0 Å². The second-order valence-corrected chi connectivity index (χ2v) is 3.90. The Bertz CT molecular complexity index is 573. The van der Waals surface area contributed by atoms with Crippen molar-refractivity contribution in [1.29, 1.82) is 0 Å². The first-order chi connectivity index (χ1) is 9.49. The monoisotopic (exact) mass is 283 g/mol. The van der Waals surface area contributed by atoms with Crippen LogP contribution in [0.4, 0.5) is 9.18 Å². The quantitative estimate of drug-likeness (QED) is 0.881. The minimum atomic E-state index is -1.40. The van der Waals surface area contributed by atoms with Crippen LogP contribution >= 0.6 is 0 Å². The maximum Gasteiger partial charge on any atom is 0.416 e. The van der Waals surface area contributed by atoms with E-state index in [0.717, 1.165) is 17.0 Å². The number of carboxylic acids is 1. The van der Waals surface area contributed by atoms with Gasteiger partial charge in [0, 0.05) is 6.07 Å². The number of imide groups is 1. The highest BCUT2D eigenvalue weighted by Gasteiger charge is 2.28. The molecule has 1 N–H and O–H groups in total. The molecule has 1 aliphatic heterocycles. The fourth-order valence-corrected chi connectivity index (χ4v) is 1.60. The van der Waals surface area contributed by atoms with Gasteiger partial charge in [-0.3, -0.25) is 4.79 Å². The van der Waals surface area contributed by atoms with Gasteiger partial charge < -0.3 is 14.6 Å². The Kier molecular flexibility index (Phi) is 3.83. The summed E-state index contributed by atoms with van der Waals surface area (Å²) in [6.07, 6.45) is -0.744. The molecule has 0 aromatic heterocycles. The molecule has 0 radical (unpaired) electrons. The van der Waals surface area contributed by atoms with E-state index in [1.165, 1.54) is 6.07 Å². The molecule has 106 valence electrons. The van der Waals surface area contributed by atoms with Crippen molar-refractivity contribution in [1.82, 2.24) is 4.90 Å². The van der Waals surface area contributed by atoms with Crippen molar-refractivity contribution in [3.05, 3.63) is 29.6 Å². The number of carbonyl (C=O) groups excluding carboxylic acids is 2. The standard InChI is InChI=1S/C12H10FNO6/c13-9-5-7(1-2-8(9)11(16)17)20-6-10(15)14-3-4-19-12(14)18/h1-2,5H,3-4,6H2,(H,16,17). The first-order valence-corrected chi connectivity index (χ1v) is 5.62. The second kappa shape index (κ2) is 5.55. The first kappa shape index (κ1) is 13.8. The predicted molar refractivity (Wildman–Crippen MR) is 61.9 cm³/mol. The summed E-state index contributed by atoms with van der Waals surface area (Å²) in [5.41, 5.74) is -0.494. The molecular formula is C12H10FNO6. The lowest BCUT2D eigenvalue weighted by molar-refractivity contribution is -0.129. The van der Waals surface area contributed by atoms with Gasteiger partial charge in [0.15, 0.2) is 6.61 Å². The molecule has 1 aliphatic rings. The molecule has 1 aromatic carbocycles. The summed E-state index contributed by atoms with van der Waals surface area (Å²) in [4.78, 5) is 34.2. The third kappa shape index (κ3) is 2.85. The van der Waals surface area contributed by atoms with Crippen molar-refractivity contribution in [2.75, 3.05) is 19.8 Å². The summed E-state index contributed by atoms with van der Waals surface area (Å²) in [6, 6.07) is 3.11. The Labute approximate surface area is 112 Å². The maximum absolute atomic E-state index is 13.4. The zero-order valence-electron chi connectivity index (χ0n) is 10.2. The van der Waals surface area contributed by atoms with Crippen LogP contribution in [-0.2, 0) is 9.53 Å². The van der Waals surface area contributed by atoms with Crippen LogP contribution in [0, 0.1) is 5.82 Å². The van der Waals surface area contributed by atoms with Crippen LogP contribution in [0.15, 0.2) is 18.2 Å². The number of ether oxygens (including phenoxy) is 2. The molecule has 0 bridgehead atoms. The minimum Gasteiger partial charge on any atom is -0.484 e. The number of halogens is 1. The summed E-state index contributed by atoms with van der Waals surface area (Å²) in [5, 5.41) is 8.65. The summed E-state index contributed by atoms with van der Waals surface area (Å²) >= 11 is 0. The van der Waals surface area contributed by atoms with Crippen LogP contribution in [0.2, 0.25) is 0 Å². The lowest BCUT2D eigenvalue weighted by Gasteiger charge is -2.11. The molecule has 8 heteroatoms. The van der Waals surface area contributed by atoms with E-state index >= 15 is 0 Å². The molecule has 0 atom stereocenters. The summed E-state index contributed by atoms with van der Waals surface area (Å²) in [6.45, 7) is -0.194. The maximum atomic E-state index is 13.4. The number of hydrogen-bond acceptors (Lipinski definition) is 5. The molecular weight excluding hydrogens is 273 g/mol. The molecule has 0 unspecified atom stereocenters. The van der Waals surface area contributed by atoms with Gasteiger partial charge in [-0.25, -0.2) is 18.9 Å². The van der Waals surface area contributed by atoms with Crippen LogP contribution in [0.1, 0.15) is 10.4 Å². The van der Waals surface area contributed by atoms with Gasteiger partial charge in [0.05, 0.1) is 12.1 Å². The van der Waals surface area contributed by atoms with Crippen molar-refractivity contribution < 1.29 is 33.4 Å². The van der Waals surface area contributed by atoms with E-state index in [1.807, 2.05) is 0 Å². The van der Waals surface area contributed by atoms with Crippen molar-refractivity contribution in [2.24, 2.45) is 0 Å². The van der Waals surface area contributed by atoms with Crippen LogP contribution in [0.5, 0.6) is 5.75 Å². The lowest BCUT2D eigenvalue weighted by atomic mass is 10.2. The Balaban J connectivity index is 1.97. The lowest BCUT2D eigenvalue weighted by Crippen LogP contribution is -2.35. The second-order valence-electron chi connectivity index (χ2n) is 3.90. The van der Waals surface area contributed by atoms with Gasteiger partial charge in [-0.2, -0.15) is 0 Å². The van der Waals surface area contributed by atoms with Crippen LogP contribution in [0.3, 0.4) is 0 Å². The highest BCUT2D eigenvalue weighted by atomic mass is 19.1. The van der Waals surface area contributed by atoms with Crippen LogP contribution in [0.25, 0.3) is 0 Å². The highest BCUT2D eigenvalue weighted by Crippen LogP contribution is 2.17. The van der Waals surface area contributed by atoms with Crippen molar-refractivity contribution in [3.8, 4) is 5.75 Å².